The van der Waals surface area contributed by atoms with Gasteiger partial charge in [0.25, 0.3) is 0 Å². The van der Waals surface area contributed by atoms with Gasteiger partial charge in [0.05, 0.1) is 5.56 Å². The summed E-state index contributed by atoms with van der Waals surface area (Å²) in [5, 5.41) is 10.8. The van der Waals surface area contributed by atoms with E-state index in [-0.39, 0.29) is 16.4 Å². The quantitative estimate of drug-likeness (QED) is 0.737. The number of hydrogen-bond donors (Lipinski definition) is 1. The van der Waals surface area contributed by atoms with Gasteiger partial charge in [-0.1, -0.05) is 18.2 Å². The average Bonchev–Trinajstić information content (AvgIpc) is 2.57. The summed E-state index contributed by atoms with van der Waals surface area (Å²) in [5.74, 6) is -1.53. The highest BCUT2D eigenvalue weighted by molar-refractivity contribution is 5.97. The van der Waals surface area contributed by atoms with Crippen LogP contribution in [0.5, 0.6) is 0 Å². The van der Waals surface area contributed by atoms with E-state index in [0.29, 0.717) is 16.2 Å². The van der Waals surface area contributed by atoms with Crippen LogP contribution in [-0.4, -0.2) is 11.1 Å². The molecule has 0 bridgehead atoms. The summed E-state index contributed by atoms with van der Waals surface area (Å²) in [6, 6.07) is 11.6. The fourth-order valence-corrected chi connectivity index (χ4v) is 2.24. The van der Waals surface area contributed by atoms with Crippen molar-refractivity contribution in [2.75, 3.05) is 0 Å². The van der Waals surface area contributed by atoms with Crippen LogP contribution in [0.2, 0.25) is 0 Å². The molecular formula is C16H9FO3. The number of carbonyl (C=O) groups is 1. The fourth-order valence-electron chi connectivity index (χ4n) is 2.24. The third-order valence-corrected chi connectivity index (χ3v) is 3.25. The number of carboxylic acids is 1. The van der Waals surface area contributed by atoms with Crippen molar-refractivity contribution in [3.8, 4) is 0 Å². The van der Waals surface area contributed by atoms with Crippen LogP contribution < -0.4 is 5.43 Å². The molecule has 0 saturated carbocycles. The van der Waals surface area contributed by atoms with Gasteiger partial charge in [0.1, 0.15) is 5.82 Å². The Morgan fingerprint density at radius 3 is 2.35 bits per heavy atom. The Labute approximate surface area is 112 Å². The number of carboxylic acid groups (broad SMARTS) is 1. The molecule has 0 aliphatic rings. The molecule has 0 unspecified atom stereocenters. The van der Waals surface area contributed by atoms with Gasteiger partial charge in [0.2, 0.25) is 0 Å². The van der Waals surface area contributed by atoms with E-state index < -0.39 is 11.8 Å². The Balaban J connectivity index is 2.50. The molecule has 0 amide bonds. The summed E-state index contributed by atoms with van der Waals surface area (Å²) in [6.45, 7) is 0. The molecule has 0 heterocycles. The monoisotopic (exact) mass is 268 g/mol. The van der Waals surface area contributed by atoms with Crippen LogP contribution in [0.25, 0.3) is 21.5 Å². The maximum absolute atomic E-state index is 13.3. The zero-order chi connectivity index (χ0) is 14.3. The van der Waals surface area contributed by atoms with E-state index in [4.69, 9.17) is 5.11 Å². The van der Waals surface area contributed by atoms with Gasteiger partial charge in [-0.15, -0.1) is 0 Å². The first-order valence-corrected chi connectivity index (χ1v) is 5.96. The molecule has 0 saturated heterocycles. The van der Waals surface area contributed by atoms with Crippen molar-refractivity contribution in [3.63, 3.8) is 0 Å². The number of hydrogen-bond acceptors (Lipinski definition) is 2. The number of fused-ring (bicyclic) bond motifs is 2. The number of aromatic carboxylic acids is 1. The smallest absolute Gasteiger partial charge is 0.335 e. The SMILES string of the molecule is O=C(O)c1ccc2c(=O)c3cc(F)ccc3ccc2c1. The molecule has 3 aromatic rings. The Morgan fingerprint density at radius 2 is 1.60 bits per heavy atom. The Kier molecular flexibility index (Phi) is 2.71. The van der Waals surface area contributed by atoms with E-state index in [2.05, 4.69) is 0 Å². The molecule has 3 rings (SSSR count). The van der Waals surface area contributed by atoms with Crippen molar-refractivity contribution in [1.82, 2.24) is 0 Å². The van der Waals surface area contributed by atoms with Crippen LogP contribution in [-0.2, 0) is 0 Å². The van der Waals surface area contributed by atoms with Gasteiger partial charge < -0.3 is 5.11 Å². The zero-order valence-corrected chi connectivity index (χ0v) is 10.3. The third-order valence-electron chi connectivity index (χ3n) is 3.25. The largest absolute Gasteiger partial charge is 0.478 e. The number of benzene rings is 2. The summed E-state index contributed by atoms with van der Waals surface area (Å²) in [4.78, 5) is 23.4. The standard InChI is InChI=1S/C16H9FO3/c17-12-5-3-9-1-2-10-7-11(16(19)20)4-6-13(10)15(18)14(9)8-12/h1-8H,(H,19,20). The van der Waals surface area contributed by atoms with E-state index in [1.807, 2.05) is 0 Å². The molecule has 1 N–H and O–H groups in total. The maximum Gasteiger partial charge on any atom is 0.335 e. The second-order valence-corrected chi connectivity index (χ2v) is 4.50. The topological polar surface area (TPSA) is 54.4 Å². The molecule has 0 radical (unpaired) electrons. The van der Waals surface area contributed by atoms with E-state index in [1.54, 1.807) is 12.1 Å². The highest BCUT2D eigenvalue weighted by Gasteiger charge is 2.07. The summed E-state index contributed by atoms with van der Waals surface area (Å²) in [5.41, 5.74) is -0.199. The van der Waals surface area contributed by atoms with Crippen molar-refractivity contribution in [2.45, 2.75) is 0 Å². The van der Waals surface area contributed by atoms with Crippen molar-refractivity contribution in [2.24, 2.45) is 0 Å². The van der Waals surface area contributed by atoms with Crippen molar-refractivity contribution in [3.05, 3.63) is 70.1 Å². The lowest BCUT2D eigenvalue weighted by molar-refractivity contribution is 0.0697. The van der Waals surface area contributed by atoms with Gasteiger partial charge in [0.15, 0.2) is 5.43 Å². The molecule has 3 nitrogen and oxygen atoms in total. The first kappa shape index (κ1) is 12.3. The first-order chi connectivity index (χ1) is 9.56. The average molecular weight is 268 g/mol. The van der Waals surface area contributed by atoms with E-state index >= 15 is 0 Å². The molecule has 0 aromatic heterocycles. The van der Waals surface area contributed by atoms with E-state index in [0.717, 1.165) is 0 Å². The van der Waals surface area contributed by atoms with Gasteiger partial charge in [-0.2, -0.15) is 0 Å². The third kappa shape index (κ3) is 1.91. The molecule has 0 aliphatic carbocycles. The molecule has 0 spiro atoms. The number of rotatable bonds is 1. The Hall–Kier alpha value is -2.75. The van der Waals surface area contributed by atoms with Crippen LogP contribution in [0.4, 0.5) is 4.39 Å². The highest BCUT2D eigenvalue weighted by Crippen LogP contribution is 2.17. The zero-order valence-electron chi connectivity index (χ0n) is 10.3. The molecule has 4 heteroatoms. The summed E-state index contributed by atoms with van der Waals surface area (Å²) in [7, 11) is 0. The van der Waals surface area contributed by atoms with Crippen LogP contribution in [0.1, 0.15) is 10.4 Å². The van der Waals surface area contributed by atoms with Crippen molar-refractivity contribution < 1.29 is 14.3 Å². The fraction of sp³-hybridized carbons (Fsp3) is 0. The second-order valence-electron chi connectivity index (χ2n) is 4.50. The lowest BCUT2D eigenvalue weighted by Crippen LogP contribution is -2.01. The lowest BCUT2D eigenvalue weighted by atomic mass is 10.1. The van der Waals surface area contributed by atoms with Gasteiger partial charge in [-0.3, -0.25) is 4.79 Å². The molecular weight excluding hydrogens is 259 g/mol. The molecule has 0 fully saturated rings. The Morgan fingerprint density at radius 1 is 0.900 bits per heavy atom. The van der Waals surface area contributed by atoms with Crippen molar-refractivity contribution in [1.29, 1.82) is 0 Å². The highest BCUT2D eigenvalue weighted by atomic mass is 19.1. The van der Waals surface area contributed by atoms with Gasteiger partial charge in [-0.05, 0) is 41.1 Å². The Bertz CT molecular complexity index is 916. The minimum absolute atomic E-state index is 0.110. The summed E-state index contributed by atoms with van der Waals surface area (Å²) < 4.78 is 13.3. The minimum atomic E-state index is -1.05. The summed E-state index contributed by atoms with van der Waals surface area (Å²) >= 11 is 0. The van der Waals surface area contributed by atoms with E-state index in [9.17, 15) is 14.0 Å². The van der Waals surface area contributed by atoms with E-state index in [1.165, 1.54) is 36.4 Å². The molecule has 0 aliphatic heterocycles. The van der Waals surface area contributed by atoms with Crippen LogP contribution in [0.3, 0.4) is 0 Å². The maximum atomic E-state index is 13.3. The summed E-state index contributed by atoms with van der Waals surface area (Å²) in [6.07, 6.45) is 0. The van der Waals surface area contributed by atoms with Crippen LogP contribution >= 0.6 is 0 Å². The molecule has 20 heavy (non-hydrogen) atoms. The molecule has 3 aromatic carbocycles. The predicted octanol–water partition coefficient (Wildman–Crippen LogP) is 3.19. The van der Waals surface area contributed by atoms with Crippen LogP contribution in [0, 0.1) is 5.82 Å². The first-order valence-electron chi connectivity index (χ1n) is 5.96. The predicted molar refractivity (Wildman–Crippen MR) is 74.6 cm³/mol. The van der Waals surface area contributed by atoms with Gasteiger partial charge in [-0.25, -0.2) is 9.18 Å². The minimum Gasteiger partial charge on any atom is -0.478 e. The van der Waals surface area contributed by atoms with Crippen LogP contribution in [0.15, 0.2) is 53.3 Å². The lowest BCUT2D eigenvalue weighted by Gasteiger charge is -1.95. The molecule has 0 atom stereocenters. The van der Waals surface area contributed by atoms with Crippen molar-refractivity contribution >= 4 is 27.5 Å². The number of halogens is 1. The van der Waals surface area contributed by atoms with Gasteiger partial charge in [0, 0.05) is 10.8 Å². The normalized spacial score (nSPS) is 10.8. The second kappa shape index (κ2) is 4.42. The van der Waals surface area contributed by atoms with Gasteiger partial charge >= 0.3 is 5.97 Å². The molecule has 98 valence electrons.